The highest BCUT2D eigenvalue weighted by Crippen LogP contribution is 2.36. The number of hydrogen-bond donors (Lipinski definition) is 2. The monoisotopic (exact) mass is 326 g/mol. The number of carbonyl (C=O) groups excluding carboxylic acids is 2. The number of nitrogens with one attached hydrogen (secondary N) is 1. The van der Waals surface area contributed by atoms with Crippen LogP contribution in [-0.4, -0.2) is 35.5 Å². The summed E-state index contributed by atoms with van der Waals surface area (Å²) in [7, 11) is 0. The highest BCUT2D eigenvalue weighted by molar-refractivity contribution is 6.17. The number of rotatable bonds is 5. The zero-order valence-corrected chi connectivity index (χ0v) is 12.6. The second kappa shape index (κ2) is 5.94. The summed E-state index contributed by atoms with van der Waals surface area (Å²) in [6.45, 7) is 2.88. The average Bonchev–Trinajstić information content (AvgIpc) is 2.41. The Morgan fingerprint density at radius 3 is 2.39 bits per heavy atom. The van der Waals surface area contributed by atoms with Crippen molar-refractivity contribution < 1.29 is 28.3 Å². The molecule has 0 saturated carbocycles. The summed E-state index contributed by atoms with van der Waals surface area (Å²) in [4.78, 5) is 36.1. The molecular weight excluding hydrogens is 310 g/mol. The number of anilines is 1. The predicted molar refractivity (Wildman–Crippen MR) is 76.7 cm³/mol. The molecule has 0 radical (unpaired) electrons. The van der Waals surface area contributed by atoms with E-state index in [-0.39, 0.29) is 18.7 Å². The van der Waals surface area contributed by atoms with E-state index in [1.54, 1.807) is 0 Å². The van der Waals surface area contributed by atoms with Gasteiger partial charge in [-0.25, -0.2) is 8.78 Å². The van der Waals surface area contributed by atoms with E-state index in [0.29, 0.717) is 6.07 Å². The number of nitrogens with zero attached hydrogens (tertiary/aromatic N) is 1. The average molecular weight is 326 g/mol. The van der Waals surface area contributed by atoms with Crippen LogP contribution in [0, 0.1) is 17.0 Å². The largest absolute Gasteiger partial charge is 0.481 e. The van der Waals surface area contributed by atoms with Crippen molar-refractivity contribution in [2.75, 3.05) is 11.4 Å². The Morgan fingerprint density at radius 1 is 1.35 bits per heavy atom. The Bertz CT molecular complexity index is 659. The first-order valence-electron chi connectivity index (χ1n) is 6.94. The zero-order valence-electron chi connectivity index (χ0n) is 12.6. The number of halogens is 2. The van der Waals surface area contributed by atoms with Crippen molar-refractivity contribution in [1.29, 1.82) is 0 Å². The lowest BCUT2D eigenvalue weighted by Crippen LogP contribution is -2.67. The maximum absolute atomic E-state index is 13.2. The Labute approximate surface area is 131 Å². The van der Waals surface area contributed by atoms with E-state index >= 15 is 0 Å². The summed E-state index contributed by atoms with van der Waals surface area (Å²) in [6, 6.07) is 2.06. The first-order valence-corrected chi connectivity index (χ1v) is 6.94. The maximum Gasteiger partial charge on any atom is 0.305 e. The molecule has 1 aliphatic heterocycles. The summed E-state index contributed by atoms with van der Waals surface area (Å²) >= 11 is 0. The Balaban J connectivity index is 2.07. The lowest BCUT2D eigenvalue weighted by molar-refractivity contribution is -0.146. The molecule has 1 saturated heterocycles. The fraction of sp³-hybridized carbons (Fsp3) is 0.400. The first-order chi connectivity index (χ1) is 10.6. The van der Waals surface area contributed by atoms with E-state index in [0.717, 1.165) is 17.0 Å². The van der Waals surface area contributed by atoms with Crippen LogP contribution in [0.2, 0.25) is 0 Å². The van der Waals surface area contributed by atoms with Crippen LogP contribution >= 0.6 is 0 Å². The van der Waals surface area contributed by atoms with Gasteiger partial charge in [-0.1, -0.05) is 0 Å². The molecule has 6 nitrogen and oxygen atoms in total. The third-order valence-electron chi connectivity index (χ3n) is 3.71. The fourth-order valence-corrected chi connectivity index (χ4v) is 2.43. The summed E-state index contributed by atoms with van der Waals surface area (Å²) < 4.78 is 26.4. The zero-order chi connectivity index (χ0) is 17.4. The summed E-state index contributed by atoms with van der Waals surface area (Å²) in [5.74, 6) is -3.91. The second-order valence-corrected chi connectivity index (χ2v) is 5.82. The fourth-order valence-electron chi connectivity index (χ4n) is 2.43. The minimum absolute atomic E-state index is 0.0383. The molecule has 23 heavy (non-hydrogen) atoms. The SMILES string of the molecule is C[C@@H](CC(=O)O)NC(=O)C1(C)CN(c2cc(F)cc(F)c2)C1=O. The quantitative estimate of drug-likeness (QED) is 0.631. The van der Waals surface area contributed by atoms with Crippen LogP contribution < -0.4 is 10.2 Å². The normalized spacial score (nSPS) is 21.6. The molecular formula is C15H16F2N2O4. The topological polar surface area (TPSA) is 86.7 Å². The van der Waals surface area contributed by atoms with Gasteiger partial charge in [0.05, 0.1) is 6.42 Å². The number of β-lactam (4-membered cyclic amide) rings is 1. The van der Waals surface area contributed by atoms with Crippen molar-refractivity contribution in [3.8, 4) is 0 Å². The molecule has 1 unspecified atom stereocenters. The second-order valence-electron chi connectivity index (χ2n) is 5.82. The van der Waals surface area contributed by atoms with Gasteiger partial charge in [0.25, 0.3) is 0 Å². The molecule has 1 heterocycles. The van der Waals surface area contributed by atoms with Crippen molar-refractivity contribution in [3.05, 3.63) is 29.8 Å². The molecule has 2 N–H and O–H groups in total. The van der Waals surface area contributed by atoms with Gasteiger partial charge in [-0.15, -0.1) is 0 Å². The van der Waals surface area contributed by atoms with Crippen molar-refractivity contribution >= 4 is 23.5 Å². The molecule has 1 aliphatic rings. The van der Waals surface area contributed by atoms with Crippen LogP contribution in [0.4, 0.5) is 14.5 Å². The predicted octanol–water partition coefficient (Wildman–Crippen LogP) is 1.30. The van der Waals surface area contributed by atoms with Crippen LogP contribution in [-0.2, 0) is 14.4 Å². The number of carboxylic acid groups (broad SMARTS) is 1. The van der Waals surface area contributed by atoms with E-state index in [1.165, 1.54) is 13.8 Å². The van der Waals surface area contributed by atoms with Gasteiger partial charge in [0.2, 0.25) is 11.8 Å². The highest BCUT2D eigenvalue weighted by atomic mass is 19.1. The molecule has 1 fully saturated rings. The molecule has 2 rings (SSSR count). The smallest absolute Gasteiger partial charge is 0.305 e. The van der Waals surface area contributed by atoms with Gasteiger partial charge in [-0.3, -0.25) is 14.4 Å². The van der Waals surface area contributed by atoms with Crippen LogP contribution in [0.25, 0.3) is 0 Å². The van der Waals surface area contributed by atoms with Gasteiger partial charge in [0.15, 0.2) is 0 Å². The Morgan fingerprint density at radius 2 is 1.91 bits per heavy atom. The third-order valence-corrected chi connectivity index (χ3v) is 3.71. The lowest BCUT2D eigenvalue weighted by atomic mass is 9.79. The number of aliphatic carboxylic acids is 1. The summed E-state index contributed by atoms with van der Waals surface area (Å²) in [5.41, 5.74) is -1.34. The van der Waals surface area contributed by atoms with E-state index in [1.807, 2.05) is 0 Å². The Hall–Kier alpha value is -2.51. The van der Waals surface area contributed by atoms with Gasteiger partial charge in [0.1, 0.15) is 17.0 Å². The van der Waals surface area contributed by atoms with Crippen LogP contribution in [0.5, 0.6) is 0 Å². The van der Waals surface area contributed by atoms with Gasteiger partial charge in [-0.05, 0) is 26.0 Å². The summed E-state index contributed by atoms with van der Waals surface area (Å²) in [5, 5.41) is 11.1. The molecule has 0 aliphatic carbocycles. The molecule has 1 aromatic rings. The summed E-state index contributed by atoms with van der Waals surface area (Å²) in [6.07, 6.45) is -0.269. The highest BCUT2D eigenvalue weighted by Gasteiger charge is 2.54. The van der Waals surface area contributed by atoms with Crippen molar-refractivity contribution in [2.24, 2.45) is 5.41 Å². The Kier molecular flexibility index (Phi) is 4.35. The van der Waals surface area contributed by atoms with Crippen LogP contribution in [0.3, 0.4) is 0 Å². The molecule has 8 heteroatoms. The lowest BCUT2D eigenvalue weighted by Gasteiger charge is -2.45. The van der Waals surface area contributed by atoms with Gasteiger partial charge in [0, 0.05) is 24.3 Å². The van der Waals surface area contributed by atoms with Crippen molar-refractivity contribution in [1.82, 2.24) is 5.32 Å². The first kappa shape index (κ1) is 16.9. The van der Waals surface area contributed by atoms with Gasteiger partial charge in [-0.2, -0.15) is 0 Å². The third kappa shape index (κ3) is 3.30. The van der Waals surface area contributed by atoms with E-state index in [2.05, 4.69) is 5.32 Å². The molecule has 0 aromatic heterocycles. The molecule has 2 amide bonds. The van der Waals surface area contributed by atoms with Crippen LogP contribution in [0.15, 0.2) is 18.2 Å². The van der Waals surface area contributed by atoms with Crippen molar-refractivity contribution in [2.45, 2.75) is 26.3 Å². The van der Waals surface area contributed by atoms with E-state index in [9.17, 15) is 23.2 Å². The number of carboxylic acids is 1. The minimum atomic E-state index is -1.38. The molecule has 0 spiro atoms. The van der Waals surface area contributed by atoms with Crippen LogP contribution in [0.1, 0.15) is 20.3 Å². The molecule has 1 aromatic carbocycles. The van der Waals surface area contributed by atoms with E-state index in [4.69, 9.17) is 5.11 Å². The molecule has 2 atom stereocenters. The van der Waals surface area contributed by atoms with Crippen molar-refractivity contribution in [3.63, 3.8) is 0 Å². The number of benzene rings is 1. The maximum atomic E-state index is 13.2. The minimum Gasteiger partial charge on any atom is -0.481 e. The standard InChI is InChI=1S/C15H16F2N2O4/c1-8(3-12(20)21)18-13(22)15(2)7-19(14(15)23)11-5-9(16)4-10(17)6-11/h4-6,8H,3,7H2,1-2H3,(H,18,22)(H,20,21)/t8-,15?/m0/s1. The molecule has 124 valence electrons. The van der Waals surface area contributed by atoms with Gasteiger partial charge >= 0.3 is 5.97 Å². The number of carbonyl (C=O) groups is 3. The molecule has 0 bridgehead atoms. The number of hydrogen-bond acceptors (Lipinski definition) is 3. The number of amides is 2. The van der Waals surface area contributed by atoms with E-state index < -0.39 is 40.9 Å². The van der Waals surface area contributed by atoms with Gasteiger partial charge < -0.3 is 15.3 Å².